The molecule has 8 heteroatoms. The number of phenols is 1. The van der Waals surface area contributed by atoms with Crippen LogP contribution in [0.1, 0.15) is 37.9 Å². The van der Waals surface area contributed by atoms with Crippen LogP contribution in [0.3, 0.4) is 0 Å². The van der Waals surface area contributed by atoms with Gasteiger partial charge in [-0.1, -0.05) is 53.3 Å². The van der Waals surface area contributed by atoms with Crippen LogP contribution in [0.2, 0.25) is 5.02 Å². The highest BCUT2D eigenvalue weighted by Crippen LogP contribution is 2.31. The first kappa shape index (κ1) is 23.0. The highest BCUT2D eigenvalue weighted by molar-refractivity contribution is 7.07. The molecule has 0 saturated carbocycles. The van der Waals surface area contributed by atoms with Gasteiger partial charge in [0.2, 0.25) is 0 Å². The zero-order valence-corrected chi connectivity index (χ0v) is 20.2. The Bertz CT molecular complexity index is 1420. The Labute approximate surface area is 200 Å². The van der Waals surface area contributed by atoms with Crippen LogP contribution < -0.4 is 14.9 Å². The third kappa shape index (κ3) is 4.26. The number of fused-ring (bicyclic) bond motifs is 1. The van der Waals surface area contributed by atoms with Crippen molar-refractivity contribution in [1.29, 1.82) is 0 Å². The van der Waals surface area contributed by atoms with Crippen molar-refractivity contribution in [2.24, 2.45) is 4.99 Å². The number of carbonyl (C=O) groups is 1. The van der Waals surface area contributed by atoms with Gasteiger partial charge in [-0.25, -0.2) is 4.99 Å². The minimum absolute atomic E-state index is 0.0890. The Morgan fingerprint density at radius 1 is 1.18 bits per heavy atom. The number of allylic oxidation sites excluding steroid dienone is 1. The molecule has 33 heavy (non-hydrogen) atoms. The van der Waals surface area contributed by atoms with E-state index in [0.29, 0.717) is 44.3 Å². The van der Waals surface area contributed by atoms with Crippen molar-refractivity contribution in [2.75, 3.05) is 13.1 Å². The Balaban J connectivity index is 1.98. The lowest BCUT2D eigenvalue weighted by atomic mass is 9.94. The van der Waals surface area contributed by atoms with Gasteiger partial charge in [-0.3, -0.25) is 14.2 Å². The van der Waals surface area contributed by atoms with E-state index < -0.39 is 6.04 Å². The largest absolute Gasteiger partial charge is 0.507 e. The minimum atomic E-state index is -0.627. The maximum Gasteiger partial charge on any atom is 0.271 e. The second kappa shape index (κ2) is 9.37. The van der Waals surface area contributed by atoms with E-state index in [1.54, 1.807) is 58.9 Å². The highest BCUT2D eigenvalue weighted by Gasteiger charge is 2.34. The second-order valence-electron chi connectivity index (χ2n) is 7.67. The molecular formula is C25H24ClN3O3S. The number of aromatic nitrogens is 1. The molecule has 1 atom stereocenters. The molecule has 0 saturated heterocycles. The van der Waals surface area contributed by atoms with Gasteiger partial charge in [0.1, 0.15) is 5.75 Å². The summed E-state index contributed by atoms with van der Waals surface area (Å²) in [4.78, 5) is 34.0. The average molecular weight is 482 g/mol. The lowest BCUT2D eigenvalue weighted by molar-refractivity contribution is -0.127. The average Bonchev–Trinajstić information content (AvgIpc) is 3.10. The predicted octanol–water partition coefficient (Wildman–Crippen LogP) is 3.46. The van der Waals surface area contributed by atoms with Crippen molar-refractivity contribution in [3.8, 4) is 5.75 Å². The van der Waals surface area contributed by atoms with E-state index >= 15 is 0 Å². The van der Waals surface area contributed by atoms with Gasteiger partial charge in [0.25, 0.3) is 11.5 Å². The fourth-order valence-corrected chi connectivity index (χ4v) is 5.15. The number of amides is 1. The number of hydrogen-bond acceptors (Lipinski definition) is 5. The van der Waals surface area contributed by atoms with Crippen LogP contribution in [0.5, 0.6) is 5.75 Å². The van der Waals surface area contributed by atoms with Gasteiger partial charge in [0, 0.05) is 23.7 Å². The van der Waals surface area contributed by atoms with E-state index in [0.717, 1.165) is 5.56 Å². The third-order valence-corrected chi connectivity index (χ3v) is 6.95. The summed E-state index contributed by atoms with van der Waals surface area (Å²) in [5.41, 5.74) is 2.12. The highest BCUT2D eigenvalue weighted by atomic mass is 35.5. The number of aromatic hydroxyl groups is 1. The van der Waals surface area contributed by atoms with Gasteiger partial charge < -0.3 is 10.0 Å². The van der Waals surface area contributed by atoms with Crippen molar-refractivity contribution in [3.05, 3.63) is 95.6 Å². The molecule has 170 valence electrons. The molecule has 1 amide bonds. The monoisotopic (exact) mass is 481 g/mol. The SMILES string of the molecule is CCN(CC)C(=O)C1=C(C)N=c2s/c(=C/c3ccccc3O)c(=O)n2[C@H]1c1ccc(Cl)cc1. The summed E-state index contributed by atoms with van der Waals surface area (Å²) in [6, 6.07) is 13.4. The molecule has 0 fully saturated rings. The standard InChI is InChI=1S/C25H24ClN3O3S/c1-4-28(5-2)24(32)21-15(3)27-25-29(22(21)16-10-12-18(26)13-11-16)23(31)20(33-25)14-17-8-6-7-9-19(17)30/h6-14,22,30H,4-5H2,1-3H3/b20-14+/t22-/m0/s1. The molecule has 1 aliphatic heterocycles. The van der Waals surface area contributed by atoms with E-state index in [-0.39, 0.29) is 17.2 Å². The number of phenolic OH excluding ortho intramolecular Hbond substituents is 1. The van der Waals surface area contributed by atoms with Crippen LogP contribution in [-0.4, -0.2) is 33.6 Å². The fourth-order valence-electron chi connectivity index (χ4n) is 3.99. The number of likely N-dealkylation sites (N-methyl/N-ethyl adjacent to an activating group) is 1. The zero-order valence-electron chi connectivity index (χ0n) is 18.6. The van der Waals surface area contributed by atoms with Crippen molar-refractivity contribution in [3.63, 3.8) is 0 Å². The molecule has 0 spiro atoms. The zero-order chi connectivity index (χ0) is 23.7. The van der Waals surface area contributed by atoms with Crippen molar-refractivity contribution >= 4 is 34.9 Å². The molecule has 1 aromatic heterocycles. The molecule has 4 rings (SSSR count). The lowest BCUT2D eigenvalue weighted by Crippen LogP contribution is -2.43. The van der Waals surface area contributed by atoms with Gasteiger partial charge >= 0.3 is 0 Å². The smallest absolute Gasteiger partial charge is 0.271 e. The molecule has 2 aromatic carbocycles. The molecular weight excluding hydrogens is 458 g/mol. The number of nitrogens with zero attached hydrogens (tertiary/aromatic N) is 3. The van der Waals surface area contributed by atoms with Gasteiger partial charge in [-0.2, -0.15) is 0 Å². The molecule has 0 unspecified atom stereocenters. The maximum atomic E-state index is 13.6. The molecule has 0 radical (unpaired) electrons. The third-order valence-electron chi connectivity index (χ3n) is 5.71. The van der Waals surface area contributed by atoms with E-state index in [1.165, 1.54) is 11.3 Å². The Morgan fingerprint density at radius 3 is 2.48 bits per heavy atom. The summed E-state index contributed by atoms with van der Waals surface area (Å²) >= 11 is 7.35. The van der Waals surface area contributed by atoms with Crippen molar-refractivity contribution in [2.45, 2.75) is 26.8 Å². The molecule has 2 heterocycles. The Hall–Kier alpha value is -3.16. The lowest BCUT2D eigenvalue weighted by Gasteiger charge is -2.29. The van der Waals surface area contributed by atoms with E-state index in [2.05, 4.69) is 4.99 Å². The normalized spacial score (nSPS) is 15.9. The summed E-state index contributed by atoms with van der Waals surface area (Å²) in [5.74, 6) is -0.0534. The van der Waals surface area contributed by atoms with Crippen LogP contribution in [0.15, 0.2) is 69.6 Å². The summed E-state index contributed by atoms with van der Waals surface area (Å²) in [5, 5.41) is 10.7. The summed E-state index contributed by atoms with van der Waals surface area (Å²) < 4.78 is 2.00. The van der Waals surface area contributed by atoms with E-state index in [9.17, 15) is 14.7 Å². The summed E-state index contributed by atoms with van der Waals surface area (Å²) in [6.07, 6.45) is 1.66. The van der Waals surface area contributed by atoms with E-state index in [1.807, 2.05) is 26.0 Å². The molecule has 0 bridgehead atoms. The number of benzene rings is 2. The minimum Gasteiger partial charge on any atom is -0.507 e. The Kier molecular flexibility index (Phi) is 6.54. The number of para-hydroxylation sites is 1. The number of carbonyl (C=O) groups excluding carboxylic acids is 1. The van der Waals surface area contributed by atoms with Crippen LogP contribution in [-0.2, 0) is 4.79 Å². The van der Waals surface area contributed by atoms with Crippen LogP contribution in [0, 0.1) is 0 Å². The Morgan fingerprint density at radius 2 is 1.85 bits per heavy atom. The molecule has 1 N–H and O–H groups in total. The number of hydrogen-bond donors (Lipinski definition) is 1. The molecule has 3 aromatic rings. The summed E-state index contributed by atoms with van der Waals surface area (Å²) in [7, 11) is 0. The first-order valence-electron chi connectivity index (χ1n) is 10.7. The van der Waals surface area contributed by atoms with Crippen molar-refractivity contribution < 1.29 is 9.90 Å². The quantitative estimate of drug-likeness (QED) is 0.606. The van der Waals surface area contributed by atoms with Crippen LogP contribution >= 0.6 is 22.9 Å². The fraction of sp³-hybridized carbons (Fsp3) is 0.240. The summed E-state index contributed by atoms with van der Waals surface area (Å²) in [6.45, 7) is 6.76. The molecule has 1 aliphatic rings. The van der Waals surface area contributed by atoms with Gasteiger partial charge in [0.05, 0.1) is 21.8 Å². The van der Waals surface area contributed by atoms with Gasteiger partial charge in [-0.05, 0) is 50.6 Å². The van der Waals surface area contributed by atoms with E-state index in [4.69, 9.17) is 11.6 Å². The molecule has 0 aliphatic carbocycles. The van der Waals surface area contributed by atoms with Crippen LogP contribution in [0.25, 0.3) is 6.08 Å². The first-order chi connectivity index (χ1) is 15.8. The van der Waals surface area contributed by atoms with Gasteiger partial charge in [-0.15, -0.1) is 0 Å². The van der Waals surface area contributed by atoms with Crippen LogP contribution in [0.4, 0.5) is 0 Å². The number of rotatable bonds is 5. The number of thiazole rings is 1. The van der Waals surface area contributed by atoms with Crippen molar-refractivity contribution in [1.82, 2.24) is 9.47 Å². The number of halogens is 1. The maximum absolute atomic E-state index is 13.6. The van der Waals surface area contributed by atoms with Gasteiger partial charge in [0.15, 0.2) is 4.80 Å². The first-order valence-corrected chi connectivity index (χ1v) is 11.9. The molecule has 6 nitrogen and oxygen atoms in total. The topological polar surface area (TPSA) is 74.9 Å². The second-order valence-corrected chi connectivity index (χ2v) is 9.12. The predicted molar refractivity (Wildman–Crippen MR) is 131 cm³/mol.